The van der Waals surface area contributed by atoms with Gasteiger partial charge in [-0.2, -0.15) is 0 Å². The molecule has 0 aliphatic rings. The lowest BCUT2D eigenvalue weighted by Gasteiger charge is -2.17. The first-order valence-electron chi connectivity index (χ1n) is 11.1. The van der Waals surface area contributed by atoms with E-state index in [2.05, 4.69) is 10.3 Å². The van der Waals surface area contributed by atoms with Gasteiger partial charge in [-0.25, -0.2) is 9.78 Å². The number of ether oxygens (including phenoxy) is 3. The molecular weight excluding hydrogens is 482 g/mol. The summed E-state index contributed by atoms with van der Waals surface area (Å²) in [5.41, 5.74) is 1.32. The molecule has 4 aromatic rings. The smallest absolute Gasteiger partial charge is 0.349 e. The number of nitrogens with zero attached hydrogens (tertiary/aromatic N) is 2. The van der Waals surface area contributed by atoms with Crippen molar-refractivity contribution in [2.24, 2.45) is 0 Å². The summed E-state index contributed by atoms with van der Waals surface area (Å²) in [7, 11) is 3.01. The fourth-order valence-electron chi connectivity index (χ4n) is 3.67. The average Bonchev–Trinajstić information content (AvgIpc) is 3.24. The van der Waals surface area contributed by atoms with E-state index in [0.717, 1.165) is 16.9 Å². The van der Waals surface area contributed by atoms with Gasteiger partial charge in [0.05, 0.1) is 31.6 Å². The van der Waals surface area contributed by atoms with Gasteiger partial charge in [-0.3, -0.25) is 14.2 Å². The first kappa shape index (κ1) is 24.9. The predicted octanol–water partition coefficient (Wildman–Crippen LogP) is 4.34. The number of rotatable bonds is 8. The molecule has 0 saturated carbocycles. The second-order valence-electron chi connectivity index (χ2n) is 7.99. The molecule has 2 aromatic carbocycles. The Kier molecular flexibility index (Phi) is 7.35. The molecule has 4 rings (SSSR count). The summed E-state index contributed by atoms with van der Waals surface area (Å²) in [4.78, 5) is 44.1. The van der Waals surface area contributed by atoms with Crippen molar-refractivity contribution >= 4 is 39.1 Å². The van der Waals surface area contributed by atoms with Gasteiger partial charge in [-0.15, -0.1) is 11.3 Å². The Bertz CT molecular complexity index is 1480. The van der Waals surface area contributed by atoms with Crippen LogP contribution < -0.4 is 20.3 Å². The van der Waals surface area contributed by atoms with Crippen molar-refractivity contribution in [1.82, 2.24) is 9.55 Å². The van der Waals surface area contributed by atoms with Crippen molar-refractivity contribution < 1.29 is 23.8 Å². The van der Waals surface area contributed by atoms with Gasteiger partial charge in [-0.1, -0.05) is 30.3 Å². The molecule has 0 aliphatic carbocycles. The minimum absolute atomic E-state index is 0.121. The molecule has 1 unspecified atom stereocenters. The highest BCUT2D eigenvalue weighted by Crippen LogP contribution is 2.30. The highest BCUT2D eigenvalue weighted by Gasteiger charge is 2.24. The van der Waals surface area contributed by atoms with Crippen molar-refractivity contribution in [3.63, 3.8) is 0 Å². The van der Waals surface area contributed by atoms with Gasteiger partial charge in [0, 0.05) is 6.07 Å². The standard InChI is InChI=1S/C26H25N3O6S/c1-15-21-24(36-22(15)26(32)35-13-17-8-6-5-7-9-17)27-14-29(25(21)31)16(2)23(30)28-19-12-18(33-3)10-11-20(19)34-4/h5-12,14,16H,13H2,1-4H3,(H,28,30). The summed E-state index contributed by atoms with van der Waals surface area (Å²) in [6.07, 6.45) is 1.31. The number of aromatic nitrogens is 2. The maximum Gasteiger partial charge on any atom is 0.349 e. The third kappa shape index (κ3) is 4.94. The van der Waals surface area contributed by atoms with E-state index in [1.807, 2.05) is 30.3 Å². The Labute approximate surface area is 211 Å². The summed E-state index contributed by atoms with van der Waals surface area (Å²) >= 11 is 1.09. The fourth-order valence-corrected chi connectivity index (χ4v) is 4.70. The summed E-state index contributed by atoms with van der Waals surface area (Å²) < 4.78 is 17.2. The van der Waals surface area contributed by atoms with Crippen molar-refractivity contribution in [3.05, 3.63) is 81.2 Å². The highest BCUT2D eigenvalue weighted by atomic mass is 32.1. The van der Waals surface area contributed by atoms with Crippen molar-refractivity contribution in [1.29, 1.82) is 0 Å². The third-order valence-corrected chi connectivity index (χ3v) is 6.92. The molecule has 186 valence electrons. The number of amides is 1. The average molecular weight is 508 g/mol. The van der Waals surface area contributed by atoms with Crippen molar-refractivity contribution in [2.75, 3.05) is 19.5 Å². The SMILES string of the molecule is COc1ccc(OC)c(NC(=O)C(C)n2cnc3sc(C(=O)OCc4ccccc4)c(C)c3c2=O)c1. The van der Waals surface area contributed by atoms with E-state index in [1.165, 1.54) is 25.1 Å². The summed E-state index contributed by atoms with van der Waals surface area (Å²) in [5, 5.41) is 3.06. The number of aryl methyl sites for hydroxylation is 1. The first-order chi connectivity index (χ1) is 17.3. The molecule has 36 heavy (non-hydrogen) atoms. The quantitative estimate of drug-likeness (QED) is 0.353. The maximum atomic E-state index is 13.3. The number of nitrogens with one attached hydrogen (secondary N) is 1. The third-order valence-electron chi connectivity index (χ3n) is 5.74. The van der Waals surface area contributed by atoms with Gasteiger partial charge >= 0.3 is 5.97 Å². The summed E-state index contributed by atoms with van der Waals surface area (Å²) in [6.45, 7) is 3.39. The van der Waals surface area contributed by atoms with Crippen LogP contribution in [-0.4, -0.2) is 35.6 Å². The van der Waals surface area contributed by atoms with E-state index >= 15 is 0 Å². The minimum Gasteiger partial charge on any atom is -0.497 e. The van der Waals surface area contributed by atoms with E-state index in [0.29, 0.717) is 32.5 Å². The monoisotopic (exact) mass is 507 g/mol. The fraction of sp³-hybridized carbons (Fsp3) is 0.231. The van der Waals surface area contributed by atoms with E-state index in [-0.39, 0.29) is 12.0 Å². The van der Waals surface area contributed by atoms with E-state index in [1.54, 1.807) is 32.0 Å². The van der Waals surface area contributed by atoms with Crippen LogP contribution >= 0.6 is 11.3 Å². The largest absolute Gasteiger partial charge is 0.497 e. The number of methoxy groups -OCH3 is 2. The van der Waals surface area contributed by atoms with Gasteiger partial charge in [0.1, 0.15) is 33.9 Å². The number of carbonyl (C=O) groups excluding carboxylic acids is 2. The lowest BCUT2D eigenvalue weighted by Crippen LogP contribution is -2.32. The first-order valence-corrected chi connectivity index (χ1v) is 11.9. The van der Waals surface area contributed by atoms with Crippen LogP contribution in [-0.2, 0) is 16.1 Å². The Balaban J connectivity index is 1.58. The molecule has 0 radical (unpaired) electrons. The molecule has 9 nitrogen and oxygen atoms in total. The molecule has 2 aromatic heterocycles. The number of esters is 1. The number of hydrogen-bond donors (Lipinski definition) is 1. The van der Waals surface area contributed by atoms with Gasteiger partial charge in [-0.05, 0) is 37.1 Å². The lowest BCUT2D eigenvalue weighted by atomic mass is 10.2. The van der Waals surface area contributed by atoms with Crippen LogP contribution in [0.4, 0.5) is 5.69 Å². The lowest BCUT2D eigenvalue weighted by molar-refractivity contribution is -0.118. The molecular formula is C26H25N3O6S. The minimum atomic E-state index is -0.891. The summed E-state index contributed by atoms with van der Waals surface area (Å²) in [6, 6.07) is 13.4. The van der Waals surface area contributed by atoms with E-state index in [4.69, 9.17) is 14.2 Å². The zero-order valence-electron chi connectivity index (χ0n) is 20.2. The Hall–Kier alpha value is -4.18. The van der Waals surface area contributed by atoms with Crippen LogP contribution in [0.1, 0.15) is 33.8 Å². The van der Waals surface area contributed by atoms with Crippen LogP contribution in [0.25, 0.3) is 10.2 Å². The van der Waals surface area contributed by atoms with Gasteiger partial charge in [0.15, 0.2) is 0 Å². The zero-order valence-corrected chi connectivity index (χ0v) is 21.0. The number of hydrogen-bond acceptors (Lipinski definition) is 8. The van der Waals surface area contributed by atoms with Crippen molar-refractivity contribution in [2.45, 2.75) is 26.5 Å². The Morgan fingerprint density at radius 3 is 2.56 bits per heavy atom. The molecule has 0 fully saturated rings. The second-order valence-corrected chi connectivity index (χ2v) is 8.99. The van der Waals surface area contributed by atoms with Crippen LogP contribution in [0.5, 0.6) is 11.5 Å². The molecule has 0 aliphatic heterocycles. The van der Waals surface area contributed by atoms with Crippen molar-refractivity contribution in [3.8, 4) is 11.5 Å². The maximum absolute atomic E-state index is 13.3. The molecule has 0 spiro atoms. The van der Waals surface area contributed by atoms with E-state index < -0.39 is 23.5 Å². The van der Waals surface area contributed by atoms with Crippen LogP contribution in [0.2, 0.25) is 0 Å². The molecule has 10 heteroatoms. The van der Waals surface area contributed by atoms with Crippen LogP contribution in [0, 0.1) is 6.92 Å². The topological polar surface area (TPSA) is 109 Å². The zero-order chi connectivity index (χ0) is 25.8. The van der Waals surface area contributed by atoms with Gasteiger partial charge in [0.2, 0.25) is 5.91 Å². The number of anilines is 1. The number of fused-ring (bicyclic) bond motifs is 1. The Morgan fingerprint density at radius 2 is 1.86 bits per heavy atom. The highest BCUT2D eigenvalue weighted by molar-refractivity contribution is 7.20. The van der Waals surface area contributed by atoms with E-state index in [9.17, 15) is 14.4 Å². The molecule has 0 bridgehead atoms. The van der Waals surface area contributed by atoms with Gasteiger partial charge < -0.3 is 19.5 Å². The number of benzene rings is 2. The molecule has 1 atom stereocenters. The summed E-state index contributed by atoms with van der Waals surface area (Å²) in [5.74, 6) is 0.0191. The predicted molar refractivity (Wildman–Crippen MR) is 137 cm³/mol. The second kappa shape index (κ2) is 10.6. The normalized spacial score (nSPS) is 11.7. The van der Waals surface area contributed by atoms with Gasteiger partial charge in [0.25, 0.3) is 5.56 Å². The number of thiophene rings is 1. The van der Waals surface area contributed by atoms with Crippen LogP contribution in [0.15, 0.2) is 59.7 Å². The Morgan fingerprint density at radius 1 is 1.11 bits per heavy atom. The molecule has 1 N–H and O–H groups in total. The van der Waals surface area contributed by atoms with Crippen LogP contribution in [0.3, 0.4) is 0 Å². The molecule has 0 saturated heterocycles. The number of carbonyl (C=O) groups is 2. The molecule has 1 amide bonds. The molecule has 2 heterocycles.